The SMILES string of the molecule is CN1CC(C(=O)N2CCC3(CC2)c2nc[nH]c2CCN3C(=O)C2CC2)NC1=O. The van der Waals surface area contributed by atoms with E-state index >= 15 is 0 Å². The number of urea groups is 1. The second-order valence-electron chi connectivity index (χ2n) is 8.48. The Hall–Kier alpha value is -2.58. The van der Waals surface area contributed by atoms with E-state index in [9.17, 15) is 14.4 Å². The summed E-state index contributed by atoms with van der Waals surface area (Å²) < 4.78 is 0. The summed E-state index contributed by atoms with van der Waals surface area (Å²) in [4.78, 5) is 50.8. The third-order valence-corrected chi connectivity index (χ3v) is 6.75. The van der Waals surface area contributed by atoms with Crippen molar-refractivity contribution in [2.75, 3.05) is 33.2 Å². The monoisotopic (exact) mass is 386 g/mol. The fourth-order valence-corrected chi connectivity index (χ4v) is 4.98. The Balaban J connectivity index is 1.36. The van der Waals surface area contributed by atoms with Crippen molar-refractivity contribution >= 4 is 17.8 Å². The van der Waals surface area contributed by atoms with Crippen LogP contribution in [0, 0.1) is 5.92 Å². The van der Waals surface area contributed by atoms with Crippen molar-refractivity contribution in [1.82, 2.24) is 30.0 Å². The molecule has 4 amide bonds. The van der Waals surface area contributed by atoms with Gasteiger partial charge in [0.05, 0.1) is 24.1 Å². The number of nitrogens with zero attached hydrogens (tertiary/aromatic N) is 4. The molecule has 1 aromatic heterocycles. The molecule has 1 unspecified atom stereocenters. The first-order valence-electron chi connectivity index (χ1n) is 10.1. The lowest BCUT2D eigenvalue weighted by atomic mass is 9.78. The number of imidazole rings is 1. The van der Waals surface area contributed by atoms with Crippen LogP contribution in [-0.4, -0.2) is 81.8 Å². The fraction of sp³-hybridized carbons (Fsp3) is 0.684. The smallest absolute Gasteiger partial charge is 0.317 e. The van der Waals surface area contributed by atoms with Crippen LogP contribution in [0.1, 0.15) is 37.1 Å². The highest BCUT2D eigenvalue weighted by Crippen LogP contribution is 2.45. The van der Waals surface area contributed by atoms with Gasteiger partial charge in [-0.1, -0.05) is 0 Å². The van der Waals surface area contributed by atoms with Crippen molar-refractivity contribution in [2.24, 2.45) is 5.92 Å². The molecule has 9 nitrogen and oxygen atoms in total. The number of aromatic nitrogens is 2. The van der Waals surface area contributed by atoms with Gasteiger partial charge in [0.1, 0.15) is 6.04 Å². The number of fused-ring (bicyclic) bond motifs is 2. The topological polar surface area (TPSA) is 102 Å². The number of likely N-dealkylation sites (N-methyl/N-ethyl adjacent to an activating group) is 1. The molecule has 3 fully saturated rings. The highest BCUT2D eigenvalue weighted by molar-refractivity contribution is 5.90. The number of nitrogens with one attached hydrogen (secondary N) is 2. The lowest BCUT2D eigenvalue weighted by molar-refractivity contribution is -0.146. The Morgan fingerprint density at radius 1 is 1.18 bits per heavy atom. The summed E-state index contributed by atoms with van der Waals surface area (Å²) in [6.07, 6.45) is 5.87. The summed E-state index contributed by atoms with van der Waals surface area (Å²) in [6.45, 7) is 2.24. The Kier molecular flexibility index (Phi) is 3.89. The summed E-state index contributed by atoms with van der Waals surface area (Å²) in [7, 11) is 1.69. The zero-order chi connectivity index (χ0) is 19.5. The predicted molar refractivity (Wildman–Crippen MR) is 99.2 cm³/mol. The summed E-state index contributed by atoms with van der Waals surface area (Å²) >= 11 is 0. The molecule has 1 aliphatic carbocycles. The number of amides is 4. The van der Waals surface area contributed by atoms with E-state index in [2.05, 4.69) is 20.2 Å². The molecule has 0 bridgehead atoms. The van der Waals surface area contributed by atoms with Crippen LogP contribution in [0.2, 0.25) is 0 Å². The molecule has 9 heteroatoms. The lowest BCUT2D eigenvalue weighted by Crippen LogP contribution is -2.60. The van der Waals surface area contributed by atoms with E-state index in [-0.39, 0.29) is 23.8 Å². The quantitative estimate of drug-likeness (QED) is 0.750. The van der Waals surface area contributed by atoms with E-state index in [1.807, 2.05) is 4.90 Å². The van der Waals surface area contributed by atoms with Crippen LogP contribution in [0.3, 0.4) is 0 Å². The molecule has 28 heavy (non-hydrogen) atoms. The average Bonchev–Trinajstić information content (AvgIpc) is 3.34. The number of likely N-dealkylation sites (tertiary alicyclic amines) is 1. The molecule has 1 atom stereocenters. The first kappa shape index (κ1) is 17.5. The number of piperidine rings is 1. The number of hydrogen-bond acceptors (Lipinski definition) is 4. The summed E-state index contributed by atoms with van der Waals surface area (Å²) in [5.74, 6) is 0.380. The van der Waals surface area contributed by atoms with Gasteiger partial charge in [0.15, 0.2) is 0 Å². The van der Waals surface area contributed by atoms with E-state index in [0.29, 0.717) is 39.0 Å². The average molecular weight is 386 g/mol. The third kappa shape index (κ3) is 2.59. The molecule has 0 aromatic carbocycles. The number of H-pyrrole nitrogens is 1. The van der Waals surface area contributed by atoms with Gasteiger partial charge in [-0.2, -0.15) is 0 Å². The first-order chi connectivity index (χ1) is 13.5. The van der Waals surface area contributed by atoms with Crippen LogP contribution < -0.4 is 5.32 Å². The molecule has 2 N–H and O–H groups in total. The van der Waals surface area contributed by atoms with E-state index < -0.39 is 11.6 Å². The Morgan fingerprint density at radius 3 is 2.57 bits per heavy atom. The summed E-state index contributed by atoms with van der Waals surface area (Å²) in [6, 6.07) is -0.690. The van der Waals surface area contributed by atoms with Crippen molar-refractivity contribution in [3.63, 3.8) is 0 Å². The van der Waals surface area contributed by atoms with E-state index in [0.717, 1.165) is 30.7 Å². The van der Waals surface area contributed by atoms with Gasteiger partial charge in [-0.3, -0.25) is 9.59 Å². The maximum Gasteiger partial charge on any atom is 0.317 e. The maximum atomic E-state index is 13.0. The highest BCUT2D eigenvalue weighted by atomic mass is 16.2. The Bertz CT molecular complexity index is 823. The van der Waals surface area contributed by atoms with Gasteiger partial charge in [-0.05, 0) is 25.7 Å². The minimum absolute atomic E-state index is 0.0364. The minimum atomic E-state index is -0.483. The number of carbonyl (C=O) groups excluding carboxylic acids is 3. The minimum Gasteiger partial charge on any atom is -0.348 e. The van der Waals surface area contributed by atoms with E-state index in [1.54, 1.807) is 13.4 Å². The van der Waals surface area contributed by atoms with Gasteiger partial charge >= 0.3 is 6.03 Å². The number of carbonyl (C=O) groups is 3. The van der Waals surface area contributed by atoms with Crippen molar-refractivity contribution in [3.8, 4) is 0 Å². The van der Waals surface area contributed by atoms with Crippen LogP contribution >= 0.6 is 0 Å². The van der Waals surface area contributed by atoms with Crippen LogP contribution in [-0.2, 0) is 21.5 Å². The second kappa shape index (κ2) is 6.22. The van der Waals surface area contributed by atoms with Gasteiger partial charge in [-0.15, -0.1) is 0 Å². The lowest BCUT2D eigenvalue weighted by Gasteiger charge is -2.50. The molecule has 1 saturated carbocycles. The normalized spacial score (nSPS) is 26.4. The molecular formula is C19H26N6O3. The maximum absolute atomic E-state index is 13.0. The van der Waals surface area contributed by atoms with Gasteiger partial charge in [0, 0.05) is 44.7 Å². The molecular weight excluding hydrogens is 360 g/mol. The molecule has 0 radical (unpaired) electrons. The van der Waals surface area contributed by atoms with E-state index in [4.69, 9.17) is 0 Å². The highest BCUT2D eigenvalue weighted by Gasteiger charge is 2.51. The number of hydrogen-bond donors (Lipinski definition) is 2. The van der Waals surface area contributed by atoms with Gasteiger partial charge in [0.2, 0.25) is 11.8 Å². The zero-order valence-corrected chi connectivity index (χ0v) is 16.1. The Morgan fingerprint density at radius 2 is 1.93 bits per heavy atom. The van der Waals surface area contributed by atoms with Gasteiger partial charge < -0.3 is 25.0 Å². The van der Waals surface area contributed by atoms with Crippen LogP contribution in [0.5, 0.6) is 0 Å². The van der Waals surface area contributed by atoms with Crippen LogP contribution in [0.4, 0.5) is 4.79 Å². The molecule has 150 valence electrons. The Labute approximate surface area is 163 Å². The van der Waals surface area contributed by atoms with E-state index in [1.165, 1.54) is 4.90 Å². The van der Waals surface area contributed by atoms with Crippen LogP contribution in [0.15, 0.2) is 6.33 Å². The molecule has 4 heterocycles. The number of aromatic amines is 1. The van der Waals surface area contributed by atoms with Crippen molar-refractivity contribution in [1.29, 1.82) is 0 Å². The van der Waals surface area contributed by atoms with Crippen molar-refractivity contribution in [3.05, 3.63) is 17.7 Å². The largest absolute Gasteiger partial charge is 0.348 e. The molecule has 5 rings (SSSR count). The molecule has 1 aromatic rings. The third-order valence-electron chi connectivity index (χ3n) is 6.75. The standard InChI is InChI=1S/C19H26N6O3/c1-23-10-14(22-18(23)28)17(27)24-8-5-19(6-9-24)15-13(20-11-21-15)4-7-25(19)16(26)12-2-3-12/h11-12,14H,2-10H2,1H3,(H,20,21)(H,22,28). The zero-order valence-electron chi connectivity index (χ0n) is 16.1. The van der Waals surface area contributed by atoms with Crippen molar-refractivity contribution < 1.29 is 14.4 Å². The predicted octanol–water partition coefficient (Wildman–Crippen LogP) is 0.0457. The summed E-state index contributed by atoms with van der Waals surface area (Å²) in [5.41, 5.74) is 1.68. The van der Waals surface area contributed by atoms with Gasteiger partial charge in [0.25, 0.3) is 0 Å². The summed E-state index contributed by atoms with van der Waals surface area (Å²) in [5, 5.41) is 2.75. The molecule has 2 saturated heterocycles. The van der Waals surface area contributed by atoms with Crippen LogP contribution in [0.25, 0.3) is 0 Å². The fourth-order valence-electron chi connectivity index (χ4n) is 4.98. The first-order valence-corrected chi connectivity index (χ1v) is 10.1. The number of rotatable bonds is 2. The van der Waals surface area contributed by atoms with Crippen molar-refractivity contribution in [2.45, 2.75) is 43.7 Å². The second-order valence-corrected chi connectivity index (χ2v) is 8.48. The molecule has 4 aliphatic rings. The molecule has 3 aliphatic heterocycles. The molecule has 1 spiro atoms. The van der Waals surface area contributed by atoms with Gasteiger partial charge in [-0.25, -0.2) is 9.78 Å².